The second-order valence-corrected chi connectivity index (χ2v) is 6.55. The summed E-state index contributed by atoms with van der Waals surface area (Å²) in [6.07, 6.45) is 3.82. The zero-order valence-electron chi connectivity index (χ0n) is 11.6. The molecule has 2 aromatic rings. The lowest BCUT2D eigenvalue weighted by Gasteiger charge is -2.05. The summed E-state index contributed by atoms with van der Waals surface area (Å²) in [6, 6.07) is 7.21. The SMILES string of the molecule is C[S@@](=O)CCCNC(=O)c1cn[nH]c1-c1cccc(Cl)c1. The topological polar surface area (TPSA) is 74.8 Å². The minimum Gasteiger partial charge on any atom is -0.352 e. The minimum absolute atomic E-state index is 0.208. The van der Waals surface area contributed by atoms with Crippen molar-refractivity contribution in [1.82, 2.24) is 15.5 Å². The zero-order valence-corrected chi connectivity index (χ0v) is 13.1. The van der Waals surface area contributed by atoms with Gasteiger partial charge in [-0.2, -0.15) is 5.10 Å². The number of halogens is 1. The van der Waals surface area contributed by atoms with E-state index in [9.17, 15) is 9.00 Å². The fraction of sp³-hybridized carbons (Fsp3) is 0.286. The number of amides is 1. The van der Waals surface area contributed by atoms with E-state index < -0.39 is 10.8 Å². The van der Waals surface area contributed by atoms with Crippen LogP contribution in [-0.2, 0) is 10.8 Å². The average Bonchev–Trinajstić information content (AvgIpc) is 2.92. The molecular formula is C14H16ClN3O2S. The van der Waals surface area contributed by atoms with Crippen molar-refractivity contribution in [1.29, 1.82) is 0 Å². The van der Waals surface area contributed by atoms with E-state index in [1.54, 1.807) is 18.4 Å². The van der Waals surface area contributed by atoms with E-state index in [4.69, 9.17) is 11.6 Å². The van der Waals surface area contributed by atoms with Crippen LogP contribution < -0.4 is 5.32 Å². The first kappa shape index (κ1) is 15.7. The molecule has 0 saturated carbocycles. The third-order valence-electron chi connectivity index (χ3n) is 2.89. The Hall–Kier alpha value is -1.66. The Labute approximate surface area is 130 Å². The molecule has 1 aromatic carbocycles. The Kier molecular flexibility index (Phi) is 5.52. The standard InChI is InChI=1S/C14H16ClN3O2S/c1-21(20)7-3-6-16-14(19)12-9-17-18-13(12)10-4-2-5-11(15)8-10/h2,4-5,8-9H,3,6-7H2,1H3,(H,16,19)(H,17,18)/t21-/m1/s1. The highest BCUT2D eigenvalue weighted by Crippen LogP contribution is 2.23. The van der Waals surface area contributed by atoms with Gasteiger partial charge in [-0.05, 0) is 18.6 Å². The van der Waals surface area contributed by atoms with Crippen LogP contribution in [0.1, 0.15) is 16.8 Å². The van der Waals surface area contributed by atoms with Crippen LogP contribution in [-0.4, -0.2) is 38.9 Å². The molecule has 5 nitrogen and oxygen atoms in total. The summed E-state index contributed by atoms with van der Waals surface area (Å²) in [7, 11) is -0.838. The first-order valence-electron chi connectivity index (χ1n) is 6.45. The minimum atomic E-state index is -0.838. The van der Waals surface area contributed by atoms with Gasteiger partial charge in [0.2, 0.25) is 0 Å². The van der Waals surface area contributed by atoms with Crippen LogP contribution in [0, 0.1) is 0 Å². The summed E-state index contributed by atoms with van der Waals surface area (Å²) in [5, 5.41) is 10.1. The lowest BCUT2D eigenvalue weighted by atomic mass is 10.1. The summed E-state index contributed by atoms with van der Waals surface area (Å²) in [5.41, 5.74) is 1.91. The maximum atomic E-state index is 12.1. The highest BCUT2D eigenvalue weighted by Gasteiger charge is 2.15. The normalized spacial score (nSPS) is 12.1. The van der Waals surface area contributed by atoms with Crippen LogP contribution in [0.4, 0.5) is 0 Å². The summed E-state index contributed by atoms with van der Waals surface area (Å²) in [5.74, 6) is 0.368. The molecule has 112 valence electrons. The molecule has 0 saturated heterocycles. The van der Waals surface area contributed by atoms with Crippen LogP contribution in [0.2, 0.25) is 5.02 Å². The van der Waals surface area contributed by atoms with Crippen LogP contribution in [0.5, 0.6) is 0 Å². The number of benzene rings is 1. The Balaban J connectivity index is 2.06. The molecule has 1 atom stereocenters. The molecule has 0 spiro atoms. The van der Waals surface area contributed by atoms with Crippen molar-refractivity contribution in [3.05, 3.63) is 41.0 Å². The van der Waals surface area contributed by atoms with E-state index in [1.807, 2.05) is 12.1 Å². The van der Waals surface area contributed by atoms with E-state index in [1.165, 1.54) is 6.20 Å². The van der Waals surface area contributed by atoms with Crippen LogP contribution in [0.3, 0.4) is 0 Å². The number of H-pyrrole nitrogens is 1. The van der Waals surface area contributed by atoms with E-state index in [2.05, 4.69) is 15.5 Å². The third kappa shape index (κ3) is 4.41. The van der Waals surface area contributed by atoms with E-state index in [-0.39, 0.29) is 5.91 Å². The van der Waals surface area contributed by atoms with Crippen molar-refractivity contribution in [2.24, 2.45) is 0 Å². The van der Waals surface area contributed by atoms with Gasteiger partial charge in [0, 0.05) is 39.9 Å². The van der Waals surface area contributed by atoms with Crippen molar-refractivity contribution < 1.29 is 9.00 Å². The molecule has 1 amide bonds. The van der Waals surface area contributed by atoms with Crippen molar-refractivity contribution in [3.63, 3.8) is 0 Å². The Morgan fingerprint density at radius 1 is 1.48 bits per heavy atom. The number of carbonyl (C=O) groups is 1. The first-order chi connectivity index (χ1) is 10.1. The lowest BCUT2D eigenvalue weighted by Crippen LogP contribution is -2.25. The quantitative estimate of drug-likeness (QED) is 0.800. The molecular weight excluding hydrogens is 310 g/mol. The number of aromatic amines is 1. The van der Waals surface area contributed by atoms with Crippen LogP contribution in [0.25, 0.3) is 11.3 Å². The van der Waals surface area contributed by atoms with Gasteiger partial charge in [0.25, 0.3) is 5.91 Å². The summed E-state index contributed by atoms with van der Waals surface area (Å²) < 4.78 is 11.0. The molecule has 0 unspecified atom stereocenters. The molecule has 1 heterocycles. The number of carbonyl (C=O) groups excluding carboxylic acids is 1. The molecule has 0 aliphatic rings. The molecule has 0 aliphatic carbocycles. The summed E-state index contributed by atoms with van der Waals surface area (Å²) >= 11 is 5.96. The number of nitrogens with one attached hydrogen (secondary N) is 2. The number of aromatic nitrogens is 2. The molecule has 2 N–H and O–H groups in total. The molecule has 21 heavy (non-hydrogen) atoms. The van der Waals surface area contributed by atoms with Gasteiger partial charge in [0.05, 0.1) is 17.5 Å². The van der Waals surface area contributed by atoms with Gasteiger partial charge in [-0.15, -0.1) is 0 Å². The van der Waals surface area contributed by atoms with E-state index >= 15 is 0 Å². The number of hydrogen-bond acceptors (Lipinski definition) is 3. The second-order valence-electron chi connectivity index (χ2n) is 4.56. The predicted octanol–water partition coefficient (Wildman–Crippen LogP) is 2.23. The average molecular weight is 326 g/mol. The van der Waals surface area contributed by atoms with E-state index in [0.29, 0.717) is 35.0 Å². The molecule has 0 aliphatic heterocycles. The Morgan fingerprint density at radius 3 is 3.00 bits per heavy atom. The van der Waals surface area contributed by atoms with Gasteiger partial charge in [-0.1, -0.05) is 23.7 Å². The summed E-state index contributed by atoms with van der Waals surface area (Å²) in [4.78, 5) is 12.1. The molecule has 1 aromatic heterocycles. The third-order valence-corrected chi connectivity index (χ3v) is 3.99. The largest absolute Gasteiger partial charge is 0.352 e. The molecule has 2 rings (SSSR count). The van der Waals surface area contributed by atoms with Gasteiger partial charge >= 0.3 is 0 Å². The molecule has 0 radical (unpaired) electrons. The lowest BCUT2D eigenvalue weighted by molar-refractivity contribution is 0.0954. The fourth-order valence-corrected chi connectivity index (χ4v) is 2.64. The Bertz CT molecular complexity index is 657. The number of rotatable bonds is 6. The molecule has 0 fully saturated rings. The van der Waals surface area contributed by atoms with Gasteiger partial charge in [0.1, 0.15) is 0 Å². The zero-order chi connectivity index (χ0) is 15.2. The van der Waals surface area contributed by atoms with Gasteiger partial charge in [-0.25, -0.2) is 0 Å². The maximum Gasteiger partial charge on any atom is 0.255 e. The van der Waals surface area contributed by atoms with Crippen molar-refractivity contribution in [2.75, 3.05) is 18.6 Å². The van der Waals surface area contributed by atoms with E-state index in [0.717, 1.165) is 5.56 Å². The highest BCUT2D eigenvalue weighted by atomic mass is 35.5. The molecule has 7 heteroatoms. The molecule has 0 bridgehead atoms. The van der Waals surface area contributed by atoms with Gasteiger partial charge in [-0.3, -0.25) is 14.1 Å². The fourth-order valence-electron chi connectivity index (χ4n) is 1.89. The van der Waals surface area contributed by atoms with Gasteiger partial charge < -0.3 is 5.32 Å². The maximum absolute atomic E-state index is 12.1. The van der Waals surface area contributed by atoms with Crippen LogP contribution >= 0.6 is 11.6 Å². The smallest absolute Gasteiger partial charge is 0.255 e. The first-order valence-corrected chi connectivity index (χ1v) is 8.56. The predicted molar refractivity (Wildman–Crippen MR) is 84.9 cm³/mol. The number of hydrogen-bond donors (Lipinski definition) is 2. The highest BCUT2D eigenvalue weighted by molar-refractivity contribution is 7.84. The summed E-state index contributed by atoms with van der Waals surface area (Å²) in [6.45, 7) is 0.485. The second kappa shape index (κ2) is 7.38. The van der Waals surface area contributed by atoms with Crippen molar-refractivity contribution in [3.8, 4) is 11.3 Å². The monoisotopic (exact) mass is 325 g/mol. The van der Waals surface area contributed by atoms with Crippen molar-refractivity contribution in [2.45, 2.75) is 6.42 Å². The van der Waals surface area contributed by atoms with Crippen LogP contribution in [0.15, 0.2) is 30.5 Å². The number of nitrogens with zero attached hydrogens (tertiary/aromatic N) is 1. The van der Waals surface area contributed by atoms with Crippen molar-refractivity contribution >= 4 is 28.3 Å². The van der Waals surface area contributed by atoms with Gasteiger partial charge in [0.15, 0.2) is 0 Å². The Morgan fingerprint density at radius 2 is 2.29 bits per heavy atom.